The zero-order valence-corrected chi connectivity index (χ0v) is 39.6. The summed E-state index contributed by atoms with van der Waals surface area (Å²) in [5, 5.41) is 0. The van der Waals surface area contributed by atoms with Gasteiger partial charge >= 0.3 is 17.9 Å². The number of carbonyl (C=O) groups excluding carboxylic acids is 3. The fourth-order valence-electron chi connectivity index (χ4n) is 6.09. The van der Waals surface area contributed by atoms with Crippen molar-refractivity contribution < 1.29 is 28.6 Å². The summed E-state index contributed by atoms with van der Waals surface area (Å²) in [6.07, 6.45) is 67.7. The first-order valence-electron chi connectivity index (χ1n) is 24.5. The maximum Gasteiger partial charge on any atom is 0.306 e. The molecule has 0 radical (unpaired) electrons. The number of carbonyl (C=O) groups is 3. The number of hydrogen-bond donors (Lipinski definition) is 0. The SMILES string of the molecule is CC/C=C\C/C=C\C/C=C\C/C=C\C/C=C\CCCCCC(=O)OCC(COC(=O)CCCCCCCCCC)OC(=O)CCC/C=C\C/C=C\C/C=C\C/C=C\C/C=C\CC. The number of ether oxygens (including phenoxy) is 3. The van der Waals surface area contributed by atoms with Gasteiger partial charge in [0.05, 0.1) is 0 Å². The lowest BCUT2D eigenvalue weighted by molar-refractivity contribution is -0.167. The number of rotatable bonds is 42. The molecule has 0 aromatic heterocycles. The molecule has 0 aromatic rings. The van der Waals surface area contributed by atoms with Crippen LogP contribution in [0, 0.1) is 0 Å². The standard InChI is InChI=1S/C56H88O6/c1-4-7-10-13-16-19-21-23-25-27-28-30-31-33-35-37-40-43-46-49-55(58)61-52-53(51-60-54(57)48-45-42-39-18-15-12-9-6-3)62-56(59)50-47-44-41-38-36-34-32-29-26-24-22-20-17-14-11-8-5-2/h7-8,10-11,16-17,19-20,23-26,28,30,32-35,38,41,53H,4-6,9,12-15,18,21-22,27,29,31,36-37,39-40,42-52H2,1-3H3/b10-7-,11-8-,19-16-,20-17-,25-23-,26-24-,30-28-,34-32-,35-33-,41-38-. The van der Waals surface area contributed by atoms with Crippen LogP contribution in [0.15, 0.2) is 122 Å². The third kappa shape index (κ3) is 46.9. The van der Waals surface area contributed by atoms with E-state index in [0.29, 0.717) is 19.3 Å². The quantitative estimate of drug-likeness (QED) is 0.0263. The van der Waals surface area contributed by atoms with Gasteiger partial charge in [0, 0.05) is 19.3 Å². The molecule has 6 heteroatoms. The molecule has 0 bridgehead atoms. The summed E-state index contributed by atoms with van der Waals surface area (Å²) in [6.45, 7) is 6.27. The molecular weight excluding hydrogens is 769 g/mol. The summed E-state index contributed by atoms with van der Waals surface area (Å²) < 4.78 is 16.6. The third-order valence-corrected chi connectivity index (χ3v) is 9.71. The fourth-order valence-corrected chi connectivity index (χ4v) is 6.09. The lowest BCUT2D eigenvalue weighted by Crippen LogP contribution is -2.30. The Bertz CT molecular complexity index is 1350. The van der Waals surface area contributed by atoms with Gasteiger partial charge in [-0.15, -0.1) is 0 Å². The van der Waals surface area contributed by atoms with Crippen molar-refractivity contribution >= 4 is 17.9 Å². The second-order valence-corrected chi connectivity index (χ2v) is 15.6. The van der Waals surface area contributed by atoms with Crippen molar-refractivity contribution in [3.05, 3.63) is 122 Å². The summed E-state index contributed by atoms with van der Waals surface area (Å²) in [7, 11) is 0. The molecule has 0 aliphatic heterocycles. The molecule has 6 nitrogen and oxygen atoms in total. The molecule has 0 aliphatic carbocycles. The highest BCUT2D eigenvalue weighted by atomic mass is 16.6. The van der Waals surface area contributed by atoms with Crippen LogP contribution >= 0.6 is 0 Å². The van der Waals surface area contributed by atoms with Crippen molar-refractivity contribution in [1.29, 1.82) is 0 Å². The van der Waals surface area contributed by atoms with Crippen molar-refractivity contribution in [2.75, 3.05) is 13.2 Å². The highest BCUT2D eigenvalue weighted by Gasteiger charge is 2.19. The van der Waals surface area contributed by atoms with Crippen LogP contribution in [0.25, 0.3) is 0 Å². The van der Waals surface area contributed by atoms with Gasteiger partial charge in [0.25, 0.3) is 0 Å². The van der Waals surface area contributed by atoms with E-state index in [1.54, 1.807) is 0 Å². The molecular formula is C56H88O6. The lowest BCUT2D eigenvalue weighted by atomic mass is 10.1. The largest absolute Gasteiger partial charge is 0.462 e. The Balaban J connectivity index is 4.50. The molecule has 0 amide bonds. The van der Waals surface area contributed by atoms with E-state index in [9.17, 15) is 14.4 Å². The molecule has 0 heterocycles. The Morgan fingerprint density at radius 2 is 0.645 bits per heavy atom. The number of esters is 3. The minimum Gasteiger partial charge on any atom is -0.462 e. The van der Waals surface area contributed by atoms with Crippen LogP contribution in [0.1, 0.15) is 194 Å². The smallest absolute Gasteiger partial charge is 0.306 e. The average Bonchev–Trinajstić information content (AvgIpc) is 3.27. The topological polar surface area (TPSA) is 78.9 Å². The number of hydrogen-bond acceptors (Lipinski definition) is 6. The van der Waals surface area contributed by atoms with E-state index in [1.165, 1.54) is 32.1 Å². The molecule has 0 N–H and O–H groups in total. The Morgan fingerprint density at radius 1 is 0.339 bits per heavy atom. The van der Waals surface area contributed by atoms with Gasteiger partial charge in [0.2, 0.25) is 0 Å². The van der Waals surface area contributed by atoms with Gasteiger partial charge in [0.1, 0.15) is 13.2 Å². The van der Waals surface area contributed by atoms with Crippen molar-refractivity contribution in [2.45, 2.75) is 200 Å². The Labute approximate surface area is 380 Å². The van der Waals surface area contributed by atoms with Crippen molar-refractivity contribution in [3.63, 3.8) is 0 Å². The second kappa shape index (κ2) is 49.5. The van der Waals surface area contributed by atoms with Gasteiger partial charge in [-0.25, -0.2) is 0 Å². The van der Waals surface area contributed by atoms with Gasteiger partial charge in [-0.05, 0) is 103 Å². The fraction of sp³-hybridized carbons (Fsp3) is 0.589. The summed E-state index contributed by atoms with van der Waals surface area (Å²) in [4.78, 5) is 37.8. The van der Waals surface area contributed by atoms with E-state index in [4.69, 9.17) is 14.2 Å². The van der Waals surface area contributed by atoms with Crippen molar-refractivity contribution in [2.24, 2.45) is 0 Å². The molecule has 0 rings (SSSR count). The number of unbranched alkanes of at least 4 members (excludes halogenated alkanes) is 11. The van der Waals surface area contributed by atoms with Gasteiger partial charge in [0.15, 0.2) is 6.10 Å². The van der Waals surface area contributed by atoms with Crippen LogP contribution < -0.4 is 0 Å². The summed E-state index contributed by atoms with van der Waals surface area (Å²) >= 11 is 0. The summed E-state index contributed by atoms with van der Waals surface area (Å²) in [5.74, 6) is -1.02. The highest BCUT2D eigenvalue weighted by Crippen LogP contribution is 2.12. The molecule has 0 aromatic carbocycles. The predicted octanol–water partition coefficient (Wildman–Crippen LogP) is 16.1. The predicted molar refractivity (Wildman–Crippen MR) is 265 cm³/mol. The van der Waals surface area contributed by atoms with Gasteiger partial charge in [-0.2, -0.15) is 0 Å². The van der Waals surface area contributed by atoms with Gasteiger partial charge in [-0.1, -0.05) is 194 Å². The minimum atomic E-state index is -0.821. The maximum atomic E-state index is 12.7. The van der Waals surface area contributed by atoms with E-state index in [-0.39, 0.29) is 37.5 Å². The summed E-state index contributed by atoms with van der Waals surface area (Å²) in [6, 6.07) is 0. The van der Waals surface area contributed by atoms with Crippen LogP contribution in [0.4, 0.5) is 0 Å². The molecule has 0 saturated heterocycles. The van der Waals surface area contributed by atoms with E-state index in [2.05, 4.69) is 142 Å². The number of allylic oxidation sites excluding steroid dienone is 20. The van der Waals surface area contributed by atoms with Crippen LogP contribution in [0.2, 0.25) is 0 Å². The third-order valence-electron chi connectivity index (χ3n) is 9.71. The van der Waals surface area contributed by atoms with Crippen molar-refractivity contribution in [3.8, 4) is 0 Å². The van der Waals surface area contributed by atoms with Crippen LogP contribution in [-0.4, -0.2) is 37.2 Å². The van der Waals surface area contributed by atoms with Crippen molar-refractivity contribution in [1.82, 2.24) is 0 Å². The maximum absolute atomic E-state index is 12.7. The average molecular weight is 857 g/mol. The Morgan fingerprint density at radius 3 is 1.03 bits per heavy atom. The van der Waals surface area contributed by atoms with E-state index >= 15 is 0 Å². The molecule has 0 fully saturated rings. The van der Waals surface area contributed by atoms with E-state index in [1.807, 2.05) is 0 Å². The monoisotopic (exact) mass is 857 g/mol. The van der Waals surface area contributed by atoms with Crippen LogP contribution in [0.3, 0.4) is 0 Å². The summed E-state index contributed by atoms with van der Waals surface area (Å²) in [5.41, 5.74) is 0. The molecule has 0 spiro atoms. The normalized spacial score (nSPS) is 13.1. The van der Waals surface area contributed by atoms with Crippen LogP contribution in [-0.2, 0) is 28.6 Å². The first-order valence-corrected chi connectivity index (χ1v) is 24.5. The van der Waals surface area contributed by atoms with Crippen LogP contribution in [0.5, 0.6) is 0 Å². The molecule has 0 saturated carbocycles. The Kier molecular flexibility index (Phi) is 46.1. The van der Waals surface area contributed by atoms with E-state index < -0.39 is 6.10 Å². The second-order valence-electron chi connectivity index (χ2n) is 15.6. The zero-order valence-electron chi connectivity index (χ0n) is 39.6. The molecule has 1 atom stereocenters. The van der Waals surface area contributed by atoms with Gasteiger partial charge in [-0.3, -0.25) is 14.4 Å². The lowest BCUT2D eigenvalue weighted by Gasteiger charge is -2.18. The van der Waals surface area contributed by atoms with E-state index in [0.717, 1.165) is 116 Å². The van der Waals surface area contributed by atoms with Gasteiger partial charge < -0.3 is 14.2 Å². The highest BCUT2D eigenvalue weighted by molar-refractivity contribution is 5.71. The molecule has 348 valence electrons. The Hall–Kier alpha value is -4.19. The minimum absolute atomic E-state index is 0.114. The first-order chi connectivity index (χ1) is 30.5. The first kappa shape index (κ1) is 57.8. The zero-order chi connectivity index (χ0) is 45.1. The molecule has 62 heavy (non-hydrogen) atoms. The molecule has 0 aliphatic rings. The molecule has 1 unspecified atom stereocenters.